The van der Waals surface area contributed by atoms with Gasteiger partial charge >= 0.3 is 0 Å². The second kappa shape index (κ2) is 5.64. The van der Waals surface area contributed by atoms with E-state index in [0.29, 0.717) is 11.1 Å². The standard InChI is InChI=1S/C12H14BrFO2/c13-6-10-5-11(14)3-4-12(10)16-8-15-7-9-1-2-9/h3-5,9H,1-2,6-8H2. The van der Waals surface area contributed by atoms with E-state index in [1.807, 2.05) is 0 Å². The largest absolute Gasteiger partial charge is 0.467 e. The van der Waals surface area contributed by atoms with Gasteiger partial charge in [0.05, 0.1) is 6.61 Å². The van der Waals surface area contributed by atoms with Crippen LogP contribution in [0, 0.1) is 11.7 Å². The summed E-state index contributed by atoms with van der Waals surface area (Å²) in [6, 6.07) is 4.49. The summed E-state index contributed by atoms with van der Waals surface area (Å²) in [5, 5.41) is 0.572. The van der Waals surface area contributed by atoms with Crippen LogP contribution in [-0.4, -0.2) is 13.4 Å². The summed E-state index contributed by atoms with van der Waals surface area (Å²) in [5.41, 5.74) is 0.801. The van der Waals surface area contributed by atoms with Crippen molar-refractivity contribution in [2.75, 3.05) is 13.4 Å². The summed E-state index contributed by atoms with van der Waals surface area (Å²) in [4.78, 5) is 0. The van der Waals surface area contributed by atoms with E-state index < -0.39 is 0 Å². The molecule has 0 radical (unpaired) electrons. The first-order valence-electron chi connectivity index (χ1n) is 5.34. The highest BCUT2D eigenvalue weighted by atomic mass is 79.9. The molecule has 1 fully saturated rings. The van der Waals surface area contributed by atoms with Crippen molar-refractivity contribution in [3.63, 3.8) is 0 Å². The molecule has 2 rings (SSSR count). The van der Waals surface area contributed by atoms with E-state index in [9.17, 15) is 4.39 Å². The molecule has 1 aromatic carbocycles. The summed E-state index contributed by atoms with van der Waals surface area (Å²) in [6.45, 7) is 1.01. The topological polar surface area (TPSA) is 18.5 Å². The molecule has 16 heavy (non-hydrogen) atoms. The van der Waals surface area contributed by atoms with Crippen LogP contribution in [0.1, 0.15) is 18.4 Å². The fourth-order valence-electron chi connectivity index (χ4n) is 1.40. The quantitative estimate of drug-likeness (QED) is 0.453. The van der Waals surface area contributed by atoms with Gasteiger partial charge in [-0.15, -0.1) is 0 Å². The highest BCUT2D eigenvalue weighted by molar-refractivity contribution is 9.08. The number of hydrogen-bond acceptors (Lipinski definition) is 2. The molecule has 0 saturated heterocycles. The lowest BCUT2D eigenvalue weighted by Gasteiger charge is -2.10. The maximum absolute atomic E-state index is 12.9. The minimum Gasteiger partial charge on any atom is -0.467 e. The molecule has 1 aliphatic carbocycles. The van der Waals surface area contributed by atoms with Crippen molar-refractivity contribution in [2.24, 2.45) is 5.92 Å². The maximum atomic E-state index is 12.9. The van der Waals surface area contributed by atoms with Crippen LogP contribution in [0.25, 0.3) is 0 Å². The van der Waals surface area contributed by atoms with Gasteiger partial charge < -0.3 is 9.47 Å². The molecule has 0 aromatic heterocycles. The minimum atomic E-state index is -0.249. The fourth-order valence-corrected chi connectivity index (χ4v) is 1.84. The van der Waals surface area contributed by atoms with Gasteiger partial charge in [-0.05, 0) is 37.0 Å². The molecule has 1 aromatic rings. The Hall–Kier alpha value is -0.610. The van der Waals surface area contributed by atoms with Crippen molar-refractivity contribution >= 4 is 15.9 Å². The Balaban J connectivity index is 1.82. The van der Waals surface area contributed by atoms with E-state index in [4.69, 9.17) is 9.47 Å². The van der Waals surface area contributed by atoms with E-state index in [0.717, 1.165) is 18.1 Å². The molecule has 0 unspecified atom stereocenters. The Bertz CT molecular complexity index is 353. The van der Waals surface area contributed by atoms with E-state index in [-0.39, 0.29) is 12.6 Å². The third kappa shape index (κ3) is 3.46. The SMILES string of the molecule is Fc1ccc(OCOCC2CC2)c(CBr)c1. The van der Waals surface area contributed by atoms with Crippen LogP contribution in [0.5, 0.6) is 5.75 Å². The molecule has 0 N–H and O–H groups in total. The number of hydrogen-bond donors (Lipinski definition) is 0. The lowest BCUT2D eigenvalue weighted by atomic mass is 10.2. The summed E-state index contributed by atoms with van der Waals surface area (Å²) < 4.78 is 23.7. The van der Waals surface area contributed by atoms with Gasteiger partial charge in [0.1, 0.15) is 11.6 Å². The van der Waals surface area contributed by atoms with Crippen LogP contribution < -0.4 is 4.74 Å². The van der Waals surface area contributed by atoms with Crippen molar-refractivity contribution in [1.82, 2.24) is 0 Å². The molecule has 0 aliphatic heterocycles. The molecule has 4 heteroatoms. The van der Waals surface area contributed by atoms with Gasteiger partial charge in [-0.2, -0.15) is 0 Å². The maximum Gasteiger partial charge on any atom is 0.189 e. The van der Waals surface area contributed by atoms with Crippen LogP contribution in [-0.2, 0) is 10.1 Å². The first-order valence-corrected chi connectivity index (χ1v) is 6.46. The number of benzene rings is 1. The van der Waals surface area contributed by atoms with E-state index >= 15 is 0 Å². The van der Waals surface area contributed by atoms with Gasteiger partial charge in [0.2, 0.25) is 0 Å². The molecule has 2 nitrogen and oxygen atoms in total. The smallest absolute Gasteiger partial charge is 0.189 e. The van der Waals surface area contributed by atoms with Gasteiger partial charge in [0.15, 0.2) is 6.79 Å². The number of alkyl halides is 1. The third-order valence-electron chi connectivity index (χ3n) is 2.51. The first-order chi connectivity index (χ1) is 7.79. The lowest BCUT2D eigenvalue weighted by molar-refractivity contribution is 0.00954. The van der Waals surface area contributed by atoms with Gasteiger partial charge in [-0.3, -0.25) is 0 Å². The zero-order valence-electron chi connectivity index (χ0n) is 8.92. The van der Waals surface area contributed by atoms with Gasteiger partial charge in [-0.1, -0.05) is 15.9 Å². The second-order valence-electron chi connectivity index (χ2n) is 3.96. The molecule has 0 amide bonds. The zero-order valence-corrected chi connectivity index (χ0v) is 10.5. The molecule has 0 atom stereocenters. The zero-order chi connectivity index (χ0) is 11.4. The Morgan fingerprint density at radius 1 is 1.38 bits per heavy atom. The van der Waals surface area contributed by atoms with Crippen LogP contribution >= 0.6 is 15.9 Å². The van der Waals surface area contributed by atoms with Crippen molar-refractivity contribution in [2.45, 2.75) is 18.2 Å². The number of halogens is 2. The average molecular weight is 289 g/mol. The third-order valence-corrected chi connectivity index (χ3v) is 3.12. The van der Waals surface area contributed by atoms with E-state index in [1.54, 1.807) is 6.07 Å². The molecule has 88 valence electrons. The summed E-state index contributed by atoms with van der Waals surface area (Å²) >= 11 is 3.30. The van der Waals surface area contributed by atoms with Crippen molar-refractivity contribution in [1.29, 1.82) is 0 Å². The number of ether oxygens (including phenoxy) is 2. The Kier molecular flexibility index (Phi) is 4.18. The molecule has 1 saturated carbocycles. The van der Waals surface area contributed by atoms with E-state index in [1.165, 1.54) is 25.0 Å². The molecule has 1 aliphatic rings. The van der Waals surface area contributed by atoms with Crippen LogP contribution in [0.2, 0.25) is 0 Å². The molecule has 0 bridgehead atoms. The first kappa shape index (κ1) is 11.9. The average Bonchev–Trinajstić information content (AvgIpc) is 3.09. The number of rotatable bonds is 6. The highest BCUT2D eigenvalue weighted by Gasteiger charge is 2.21. The summed E-state index contributed by atoms with van der Waals surface area (Å²) in [6.07, 6.45) is 2.53. The Labute approximate surface area is 103 Å². The van der Waals surface area contributed by atoms with Crippen molar-refractivity contribution in [3.8, 4) is 5.75 Å². The Morgan fingerprint density at radius 3 is 2.88 bits per heavy atom. The van der Waals surface area contributed by atoms with Crippen LogP contribution in [0.15, 0.2) is 18.2 Å². The highest BCUT2D eigenvalue weighted by Crippen LogP contribution is 2.29. The molecule has 0 heterocycles. The van der Waals surface area contributed by atoms with Gasteiger partial charge in [0, 0.05) is 10.9 Å². The molecule has 0 spiro atoms. The normalized spacial score (nSPS) is 15.1. The molecular formula is C12H14BrFO2. The summed E-state index contributed by atoms with van der Waals surface area (Å²) in [5.74, 6) is 1.15. The molecular weight excluding hydrogens is 275 g/mol. The van der Waals surface area contributed by atoms with E-state index in [2.05, 4.69) is 15.9 Å². The van der Waals surface area contributed by atoms with Gasteiger partial charge in [0.25, 0.3) is 0 Å². The van der Waals surface area contributed by atoms with Crippen molar-refractivity contribution in [3.05, 3.63) is 29.6 Å². The minimum absolute atomic E-state index is 0.238. The second-order valence-corrected chi connectivity index (χ2v) is 4.52. The summed E-state index contributed by atoms with van der Waals surface area (Å²) in [7, 11) is 0. The lowest BCUT2D eigenvalue weighted by Crippen LogP contribution is -2.06. The fraction of sp³-hybridized carbons (Fsp3) is 0.500. The predicted octanol–water partition coefficient (Wildman–Crippen LogP) is 3.48. The van der Waals surface area contributed by atoms with Crippen molar-refractivity contribution < 1.29 is 13.9 Å². The monoisotopic (exact) mass is 288 g/mol. The predicted molar refractivity (Wildman–Crippen MR) is 63.2 cm³/mol. The Morgan fingerprint density at radius 2 is 2.19 bits per heavy atom. The van der Waals surface area contributed by atoms with Crippen LogP contribution in [0.4, 0.5) is 4.39 Å². The van der Waals surface area contributed by atoms with Gasteiger partial charge in [-0.25, -0.2) is 4.39 Å². The van der Waals surface area contributed by atoms with Crippen LogP contribution in [0.3, 0.4) is 0 Å².